The molecular formula is C14H22N2O4S. The minimum Gasteiger partial charge on any atom is -0.396 e. The van der Waals surface area contributed by atoms with Gasteiger partial charge in [-0.15, -0.1) is 0 Å². The van der Waals surface area contributed by atoms with Crippen molar-refractivity contribution in [3.63, 3.8) is 0 Å². The van der Waals surface area contributed by atoms with Crippen molar-refractivity contribution >= 4 is 21.6 Å². The maximum atomic E-state index is 12.3. The van der Waals surface area contributed by atoms with Gasteiger partial charge < -0.3 is 10.4 Å². The van der Waals surface area contributed by atoms with Crippen LogP contribution in [0.4, 0.5) is 5.69 Å². The number of nitrogens with one attached hydrogen (secondary N) is 1. The molecule has 1 amide bonds. The number of rotatable bonds is 8. The van der Waals surface area contributed by atoms with Crippen LogP contribution in [0.25, 0.3) is 0 Å². The zero-order chi connectivity index (χ0) is 15.9. The molecule has 1 aromatic carbocycles. The number of aliphatic hydroxyl groups excluding tert-OH is 1. The van der Waals surface area contributed by atoms with Gasteiger partial charge in [-0.3, -0.25) is 4.79 Å². The van der Waals surface area contributed by atoms with E-state index in [2.05, 4.69) is 5.32 Å². The Bertz CT molecular complexity index is 555. The van der Waals surface area contributed by atoms with Crippen molar-refractivity contribution in [2.45, 2.75) is 31.1 Å². The summed E-state index contributed by atoms with van der Waals surface area (Å²) in [5, 5.41) is 11.3. The van der Waals surface area contributed by atoms with E-state index >= 15 is 0 Å². The molecule has 0 spiro atoms. The van der Waals surface area contributed by atoms with Gasteiger partial charge in [0.05, 0.1) is 4.90 Å². The van der Waals surface area contributed by atoms with Crippen molar-refractivity contribution in [2.75, 3.05) is 25.5 Å². The quantitative estimate of drug-likeness (QED) is 0.711. The molecule has 0 saturated heterocycles. The summed E-state index contributed by atoms with van der Waals surface area (Å²) < 4.78 is 25.9. The average Bonchev–Trinajstić information content (AvgIpc) is 2.43. The molecule has 0 radical (unpaired) electrons. The predicted molar refractivity (Wildman–Crippen MR) is 81.5 cm³/mol. The second-order valence-corrected chi connectivity index (χ2v) is 6.86. The van der Waals surface area contributed by atoms with Gasteiger partial charge in [-0.25, -0.2) is 12.7 Å². The third-order valence-electron chi connectivity index (χ3n) is 3.01. The Balaban J connectivity index is 2.70. The monoisotopic (exact) mass is 314 g/mol. The van der Waals surface area contributed by atoms with Gasteiger partial charge in [0, 0.05) is 32.8 Å². The molecule has 0 atom stereocenters. The first-order valence-corrected chi connectivity index (χ1v) is 8.27. The summed E-state index contributed by atoms with van der Waals surface area (Å²) in [7, 11) is -1.98. The lowest BCUT2D eigenvalue weighted by atomic mass is 10.2. The number of unbranched alkanes of at least 4 members (excludes halogenated alkanes) is 2. The lowest BCUT2D eigenvalue weighted by molar-refractivity contribution is -0.114. The topological polar surface area (TPSA) is 86.7 Å². The summed E-state index contributed by atoms with van der Waals surface area (Å²) in [4.78, 5) is 11.1. The molecule has 1 rings (SSSR count). The minimum absolute atomic E-state index is 0.126. The summed E-state index contributed by atoms with van der Waals surface area (Å²) in [5.41, 5.74) is 0.562. The lowest BCUT2D eigenvalue weighted by Gasteiger charge is -2.17. The SMILES string of the molecule is CC(=O)Nc1ccc(S(=O)(=O)N(C)CCCCCO)cc1. The van der Waals surface area contributed by atoms with E-state index < -0.39 is 10.0 Å². The Hall–Kier alpha value is -1.44. The fourth-order valence-corrected chi connectivity index (χ4v) is 3.05. The lowest BCUT2D eigenvalue weighted by Crippen LogP contribution is -2.28. The van der Waals surface area contributed by atoms with Crippen molar-refractivity contribution in [1.82, 2.24) is 4.31 Å². The molecule has 1 aromatic rings. The van der Waals surface area contributed by atoms with E-state index in [4.69, 9.17) is 5.11 Å². The molecule has 0 saturated carbocycles. The highest BCUT2D eigenvalue weighted by Gasteiger charge is 2.20. The Labute approximate surface area is 125 Å². The summed E-state index contributed by atoms with van der Waals surface area (Å²) in [6.07, 6.45) is 2.18. The molecule has 0 aromatic heterocycles. The Morgan fingerprint density at radius 3 is 2.33 bits per heavy atom. The fraction of sp³-hybridized carbons (Fsp3) is 0.500. The molecule has 7 heteroatoms. The highest BCUT2D eigenvalue weighted by molar-refractivity contribution is 7.89. The highest BCUT2D eigenvalue weighted by atomic mass is 32.2. The minimum atomic E-state index is -3.51. The van der Waals surface area contributed by atoms with Gasteiger partial charge in [-0.05, 0) is 43.5 Å². The van der Waals surface area contributed by atoms with E-state index in [0.29, 0.717) is 25.1 Å². The number of hydrogen-bond donors (Lipinski definition) is 2. The van der Waals surface area contributed by atoms with Crippen LogP contribution >= 0.6 is 0 Å². The van der Waals surface area contributed by atoms with Crippen LogP contribution in [0.15, 0.2) is 29.2 Å². The van der Waals surface area contributed by atoms with Crippen LogP contribution in [0.5, 0.6) is 0 Å². The van der Waals surface area contributed by atoms with Gasteiger partial charge >= 0.3 is 0 Å². The smallest absolute Gasteiger partial charge is 0.242 e. The van der Waals surface area contributed by atoms with Gasteiger partial charge in [0.1, 0.15) is 0 Å². The number of nitrogens with zero attached hydrogens (tertiary/aromatic N) is 1. The summed E-state index contributed by atoms with van der Waals surface area (Å²) >= 11 is 0. The van der Waals surface area contributed by atoms with Crippen molar-refractivity contribution in [1.29, 1.82) is 0 Å². The van der Waals surface area contributed by atoms with Crippen LogP contribution in [0.2, 0.25) is 0 Å². The summed E-state index contributed by atoms with van der Waals surface area (Å²) in [6.45, 7) is 1.93. The zero-order valence-corrected chi connectivity index (χ0v) is 13.2. The molecule has 0 bridgehead atoms. The Kier molecular flexibility index (Phi) is 6.80. The van der Waals surface area contributed by atoms with E-state index in [1.807, 2.05) is 0 Å². The molecule has 0 aliphatic carbocycles. The third kappa shape index (κ3) is 5.45. The molecule has 21 heavy (non-hydrogen) atoms. The van der Waals surface area contributed by atoms with Crippen LogP contribution in [0, 0.1) is 0 Å². The third-order valence-corrected chi connectivity index (χ3v) is 4.89. The van der Waals surface area contributed by atoms with Gasteiger partial charge in [0.2, 0.25) is 15.9 Å². The summed E-state index contributed by atoms with van der Waals surface area (Å²) in [6, 6.07) is 6.08. The first-order chi connectivity index (χ1) is 9.87. The van der Waals surface area contributed by atoms with E-state index in [-0.39, 0.29) is 17.4 Å². The molecule has 6 nitrogen and oxygen atoms in total. The van der Waals surface area contributed by atoms with Gasteiger partial charge in [0.25, 0.3) is 0 Å². The second kappa shape index (κ2) is 8.11. The number of amides is 1. The van der Waals surface area contributed by atoms with Crippen molar-refractivity contribution in [3.05, 3.63) is 24.3 Å². The molecule has 0 heterocycles. The molecule has 0 unspecified atom stereocenters. The predicted octanol–water partition coefficient (Wildman–Crippen LogP) is 1.43. The summed E-state index contributed by atoms with van der Waals surface area (Å²) in [5.74, 6) is -0.202. The van der Waals surface area contributed by atoms with E-state index in [0.717, 1.165) is 6.42 Å². The number of benzene rings is 1. The van der Waals surface area contributed by atoms with E-state index in [1.54, 1.807) is 12.1 Å². The molecule has 0 aliphatic rings. The molecule has 0 aliphatic heterocycles. The standard InChI is InChI=1S/C14H22N2O4S/c1-12(18)15-13-6-8-14(9-7-13)21(19,20)16(2)10-4-3-5-11-17/h6-9,17H,3-5,10-11H2,1-2H3,(H,15,18). The Morgan fingerprint density at radius 1 is 1.19 bits per heavy atom. The number of carbonyl (C=O) groups is 1. The largest absolute Gasteiger partial charge is 0.396 e. The van der Waals surface area contributed by atoms with Crippen LogP contribution in [0.1, 0.15) is 26.2 Å². The van der Waals surface area contributed by atoms with Crippen LogP contribution in [-0.2, 0) is 14.8 Å². The number of hydrogen-bond acceptors (Lipinski definition) is 4. The normalized spacial score (nSPS) is 11.6. The van der Waals surface area contributed by atoms with Crippen LogP contribution < -0.4 is 5.32 Å². The molecule has 0 fully saturated rings. The first kappa shape index (κ1) is 17.6. The fourth-order valence-electron chi connectivity index (χ4n) is 1.84. The number of carbonyl (C=O) groups excluding carboxylic acids is 1. The molecule has 118 valence electrons. The van der Waals surface area contributed by atoms with Crippen molar-refractivity contribution in [2.24, 2.45) is 0 Å². The van der Waals surface area contributed by atoms with Crippen LogP contribution in [-0.4, -0.2) is 43.9 Å². The van der Waals surface area contributed by atoms with E-state index in [9.17, 15) is 13.2 Å². The average molecular weight is 314 g/mol. The van der Waals surface area contributed by atoms with Gasteiger partial charge in [-0.1, -0.05) is 0 Å². The zero-order valence-electron chi connectivity index (χ0n) is 12.4. The number of sulfonamides is 1. The maximum Gasteiger partial charge on any atom is 0.242 e. The van der Waals surface area contributed by atoms with Gasteiger partial charge in [0.15, 0.2) is 0 Å². The number of anilines is 1. The molecule has 2 N–H and O–H groups in total. The Morgan fingerprint density at radius 2 is 1.81 bits per heavy atom. The van der Waals surface area contributed by atoms with Gasteiger partial charge in [-0.2, -0.15) is 0 Å². The van der Waals surface area contributed by atoms with Crippen molar-refractivity contribution < 1.29 is 18.3 Å². The van der Waals surface area contributed by atoms with E-state index in [1.165, 1.54) is 30.4 Å². The first-order valence-electron chi connectivity index (χ1n) is 6.83. The van der Waals surface area contributed by atoms with Crippen LogP contribution in [0.3, 0.4) is 0 Å². The number of aliphatic hydroxyl groups is 1. The molecular weight excluding hydrogens is 292 g/mol. The second-order valence-electron chi connectivity index (χ2n) is 4.82. The maximum absolute atomic E-state index is 12.3. The highest BCUT2D eigenvalue weighted by Crippen LogP contribution is 2.18. The van der Waals surface area contributed by atoms with Crippen molar-refractivity contribution in [3.8, 4) is 0 Å².